The lowest BCUT2D eigenvalue weighted by atomic mass is 9.92. The summed E-state index contributed by atoms with van der Waals surface area (Å²) in [7, 11) is 0. The standard InChI is InChI=1S/C13H21BrN2O3S/c1-3-4-10-5-11(19)15-12(20-2)16(10)7-13(6-14,8-17)9-18/h5,17-18H,3-4,6-9H2,1-2H3. The van der Waals surface area contributed by atoms with Gasteiger partial charge in [-0.3, -0.25) is 4.79 Å². The van der Waals surface area contributed by atoms with Crippen molar-refractivity contribution in [1.82, 2.24) is 9.55 Å². The third kappa shape index (κ3) is 4.07. The van der Waals surface area contributed by atoms with Gasteiger partial charge in [-0.1, -0.05) is 41.0 Å². The first-order chi connectivity index (χ1) is 9.55. The molecule has 1 heterocycles. The van der Waals surface area contributed by atoms with Crippen LogP contribution in [-0.2, 0) is 13.0 Å². The molecule has 1 aromatic rings. The number of aromatic nitrogens is 2. The van der Waals surface area contributed by atoms with Crippen molar-refractivity contribution in [3.63, 3.8) is 0 Å². The van der Waals surface area contributed by atoms with Crippen LogP contribution in [0.15, 0.2) is 16.0 Å². The minimum atomic E-state index is -0.663. The Hall–Kier alpha value is -0.370. The monoisotopic (exact) mass is 364 g/mol. The first-order valence-corrected chi connectivity index (χ1v) is 8.83. The molecule has 20 heavy (non-hydrogen) atoms. The number of aliphatic hydroxyl groups excluding tert-OH is 2. The van der Waals surface area contributed by atoms with Crippen LogP contribution < -0.4 is 5.56 Å². The van der Waals surface area contributed by atoms with Crippen LogP contribution in [0.5, 0.6) is 0 Å². The molecule has 0 fully saturated rings. The van der Waals surface area contributed by atoms with E-state index in [2.05, 4.69) is 20.9 Å². The van der Waals surface area contributed by atoms with E-state index in [0.29, 0.717) is 17.0 Å². The maximum Gasteiger partial charge on any atom is 0.273 e. The fourth-order valence-electron chi connectivity index (χ4n) is 1.93. The Bertz CT molecular complexity index is 481. The lowest BCUT2D eigenvalue weighted by Crippen LogP contribution is -2.38. The molecule has 5 nitrogen and oxygen atoms in total. The van der Waals surface area contributed by atoms with Gasteiger partial charge in [0.05, 0.1) is 13.2 Å². The molecule has 1 rings (SSSR count). The van der Waals surface area contributed by atoms with Crippen molar-refractivity contribution in [2.45, 2.75) is 31.5 Å². The molecule has 0 aliphatic rings. The fraction of sp³-hybridized carbons (Fsp3) is 0.692. The number of aliphatic hydroxyl groups is 2. The molecule has 0 amide bonds. The van der Waals surface area contributed by atoms with Crippen LogP contribution >= 0.6 is 27.7 Å². The third-order valence-electron chi connectivity index (χ3n) is 3.21. The molecule has 0 saturated heterocycles. The molecule has 0 spiro atoms. The highest BCUT2D eigenvalue weighted by molar-refractivity contribution is 9.09. The summed E-state index contributed by atoms with van der Waals surface area (Å²) in [6.07, 6.45) is 3.54. The van der Waals surface area contributed by atoms with Crippen LogP contribution in [0.25, 0.3) is 0 Å². The first kappa shape index (κ1) is 17.7. The number of rotatable bonds is 8. The topological polar surface area (TPSA) is 75.4 Å². The van der Waals surface area contributed by atoms with Crippen LogP contribution in [0.3, 0.4) is 0 Å². The second kappa shape index (κ2) is 8.17. The second-order valence-electron chi connectivity index (χ2n) is 4.86. The van der Waals surface area contributed by atoms with Crippen molar-refractivity contribution in [3.8, 4) is 0 Å². The Morgan fingerprint density at radius 2 is 2.10 bits per heavy atom. The molecule has 0 saturated carbocycles. The van der Waals surface area contributed by atoms with E-state index in [1.54, 1.807) is 0 Å². The molecule has 0 unspecified atom stereocenters. The van der Waals surface area contributed by atoms with Crippen molar-refractivity contribution in [2.24, 2.45) is 5.41 Å². The molecule has 114 valence electrons. The molecule has 7 heteroatoms. The van der Waals surface area contributed by atoms with Gasteiger partial charge in [-0.25, -0.2) is 0 Å². The third-order valence-corrected chi connectivity index (χ3v) is 5.08. The van der Waals surface area contributed by atoms with Crippen molar-refractivity contribution in [2.75, 3.05) is 24.8 Å². The molecule has 1 aromatic heterocycles. The van der Waals surface area contributed by atoms with E-state index >= 15 is 0 Å². The van der Waals surface area contributed by atoms with Gasteiger partial charge in [-0.2, -0.15) is 4.98 Å². The van der Waals surface area contributed by atoms with Crippen LogP contribution in [-0.4, -0.2) is 44.6 Å². The number of hydrogen-bond acceptors (Lipinski definition) is 5. The SMILES string of the molecule is CCCc1cc(=O)nc(SC)n1CC(CO)(CO)CBr. The predicted octanol–water partition coefficient (Wildman–Crippen LogP) is 1.28. The highest BCUT2D eigenvalue weighted by Gasteiger charge is 2.29. The van der Waals surface area contributed by atoms with Crippen LogP contribution in [0.1, 0.15) is 19.0 Å². The van der Waals surface area contributed by atoms with Crippen LogP contribution in [0.4, 0.5) is 0 Å². The summed E-state index contributed by atoms with van der Waals surface area (Å²) >= 11 is 4.75. The lowest BCUT2D eigenvalue weighted by Gasteiger charge is -2.30. The van der Waals surface area contributed by atoms with Gasteiger partial charge in [0.2, 0.25) is 0 Å². The first-order valence-electron chi connectivity index (χ1n) is 6.48. The van der Waals surface area contributed by atoms with Crippen LogP contribution in [0.2, 0.25) is 0 Å². The average Bonchev–Trinajstić information content (AvgIpc) is 2.47. The number of nitrogens with zero attached hydrogens (tertiary/aromatic N) is 2. The Labute approximate surface area is 131 Å². The summed E-state index contributed by atoms with van der Waals surface area (Å²) < 4.78 is 1.93. The van der Waals surface area contributed by atoms with Crippen LogP contribution in [0, 0.1) is 5.41 Å². The maximum absolute atomic E-state index is 11.6. The fourth-order valence-corrected chi connectivity index (χ4v) is 3.05. The van der Waals surface area contributed by atoms with E-state index in [9.17, 15) is 15.0 Å². The number of hydrogen-bond donors (Lipinski definition) is 2. The van der Waals surface area contributed by atoms with Gasteiger partial charge in [0, 0.05) is 29.1 Å². The van der Waals surface area contributed by atoms with Gasteiger partial charge in [0.25, 0.3) is 5.56 Å². The van der Waals surface area contributed by atoms with E-state index in [4.69, 9.17) is 0 Å². The number of aryl methyl sites for hydroxylation is 1. The minimum Gasteiger partial charge on any atom is -0.396 e. The van der Waals surface area contributed by atoms with Crippen molar-refractivity contribution in [3.05, 3.63) is 22.1 Å². The van der Waals surface area contributed by atoms with Gasteiger partial charge >= 0.3 is 0 Å². The van der Waals surface area contributed by atoms with Gasteiger partial charge in [0.15, 0.2) is 5.16 Å². The highest BCUT2D eigenvalue weighted by Crippen LogP contribution is 2.25. The molecule has 0 radical (unpaired) electrons. The van der Waals surface area contributed by atoms with Gasteiger partial charge in [0.1, 0.15) is 0 Å². The quantitative estimate of drug-likeness (QED) is 0.413. The predicted molar refractivity (Wildman–Crippen MR) is 84.7 cm³/mol. The number of thioether (sulfide) groups is 1. The van der Waals surface area contributed by atoms with E-state index in [1.165, 1.54) is 17.8 Å². The molecular formula is C13H21BrN2O3S. The van der Waals surface area contributed by atoms with Crippen molar-refractivity contribution >= 4 is 27.7 Å². The molecule has 0 aromatic carbocycles. The summed E-state index contributed by atoms with van der Waals surface area (Å²) in [5.74, 6) is 0. The molecule has 0 aliphatic heterocycles. The van der Waals surface area contributed by atoms with Crippen molar-refractivity contribution in [1.29, 1.82) is 0 Å². The van der Waals surface area contributed by atoms with E-state index in [-0.39, 0.29) is 18.8 Å². The summed E-state index contributed by atoms with van der Waals surface area (Å²) in [4.78, 5) is 15.6. The Kier molecular flexibility index (Phi) is 7.22. The summed E-state index contributed by atoms with van der Waals surface area (Å²) in [6.45, 7) is 2.19. The Morgan fingerprint density at radius 3 is 2.55 bits per heavy atom. The van der Waals surface area contributed by atoms with E-state index in [0.717, 1.165) is 18.5 Å². The Morgan fingerprint density at radius 1 is 1.45 bits per heavy atom. The average molecular weight is 365 g/mol. The summed E-state index contributed by atoms with van der Waals surface area (Å²) in [5.41, 5.74) is -0.0143. The zero-order valence-corrected chi connectivity index (χ0v) is 14.2. The van der Waals surface area contributed by atoms with Crippen molar-refractivity contribution < 1.29 is 10.2 Å². The largest absolute Gasteiger partial charge is 0.396 e. The second-order valence-corrected chi connectivity index (χ2v) is 6.19. The molecule has 0 atom stereocenters. The maximum atomic E-state index is 11.6. The molecule has 0 bridgehead atoms. The Balaban J connectivity index is 3.30. The van der Waals surface area contributed by atoms with E-state index in [1.807, 2.05) is 17.7 Å². The number of halogens is 1. The van der Waals surface area contributed by atoms with E-state index < -0.39 is 5.41 Å². The molecule has 2 N–H and O–H groups in total. The van der Waals surface area contributed by atoms with Gasteiger partial charge < -0.3 is 14.8 Å². The molecule has 0 aliphatic carbocycles. The van der Waals surface area contributed by atoms with Gasteiger partial charge in [-0.15, -0.1) is 0 Å². The smallest absolute Gasteiger partial charge is 0.273 e. The lowest BCUT2D eigenvalue weighted by molar-refractivity contribution is 0.0570. The zero-order valence-electron chi connectivity index (χ0n) is 11.8. The normalized spacial score (nSPS) is 11.8. The number of alkyl halides is 1. The van der Waals surface area contributed by atoms with Gasteiger partial charge in [-0.05, 0) is 12.7 Å². The minimum absolute atomic E-state index is 0.139. The summed E-state index contributed by atoms with van der Waals surface area (Å²) in [6, 6.07) is 1.54. The zero-order chi connectivity index (χ0) is 15.2. The summed E-state index contributed by atoms with van der Waals surface area (Å²) in [5, 5.41) is 20.3. The molecular weight excluding hydrogens is 344 g/mol. The highest BCUT2D eigenvalue weighted by atomic mass is 79.9.